The number of thiophene rings is 1. The molecule has 2 unspecified atom stereocenters. The van der Waals surface area contributed by atoms with Crippen molar-refractivity contribution in [2.24, 2.45) is 5.92 Å². The third-order valence-corrected chi connectivity index (χ3v) is 8.28. The van der Waals surface area contributed by atoms with Crippen LogP contribution < -0.4 is 4.90 Å². The molecule has 3 aliphatic heterocycles. The molecule has 4 heterocycles. The van der Waals surface area contributed by atoms with Crippen LogP contribution in [0.25, 0.3) is 5.57 Å². The highest BCUT2D eigenvalue weighted by atomic mass is 32.2. The number of rotatable bonds is 3. The number of morpholine rings is 2. The highest BCUT2D eigenvalue weighted by Crippen LogP contribution is 2.43. The summed E-state index contributed by atoms with van der Waals surface area (Å²) in [4.78, 5) is 28.5. The number of carbonyl (C=O) groups is 2. The van der Waals surface area contributed by atoms with Crippen LogP contribution in [0.2, 0.25) is 0 Å². The lowest BCUT2D eigenvalue weighted by Gasteiger charge is -2.27. The zero-order valence-corrected chi connectivity index (χ0v) is 18.0. The quantitative estimate of drug-likeness (QED) is 0.559. The van der Waals surface area contributed by atoms with E-state index in [1.165, 1.54) is 23.1 Å². The molecule has 0 radical (unpaired) electrons. The molecule has 2 atom stereocenters. The van der Waals surface area contributed by atoms with Gasteiger partial charge in [0.15, 0.2) is 13.1 Å². The molecule has 0 saturated carbocycles. The lowest BCUT2D eigenvalue weighted by atomic mass is 10.0. The first-order valence-electron chi connectivity index (χ1n) is 10.1. The number of ether oxygens (including phenoxy) is 2. The topological polar surface area (TPSA) is 79.1 Å². The molecule has 1 aromatic rings. The number of aliphatic hydroxyl groups is 1. The molecule has 0 amide bonds. The van der Waals surface area contributed by atoms with Gasteiger partial charge in [0.05, 0.1) is 35.0 Å². The van der Waals surface area contributed by atoms with Gasteiger partial charge in [-0.2, -0.15) is 0 Å². The summed E-state index contributed by atoms with van der Waals surface area (Å²) in [5.74, 6) is -2.01. The minimum Gasteiger partial charge on any atom is -0.511 e. The van der Waals surface area contributed by atoms with E-state index < -0.39 is 17.5 Å². The SMILES string of the molecule is O=C1C(=O)C(C2C=CC(=[N+]3CCOCC3)S2)C(O)=C1c1ccc(N2CCOCC2)s1. The maximum atomic E-state index is 12.8. The van der Waals surface area contributed by atoms with Crippen LogP contribution in [0, 0.1) is 5.92 Å². The van der Waals surface area contributed by atoms with E-state index in [4.69, 9.17) is 9.47 Å². The molecule has 7 nitrogen and oxygen atoms in total. The Bertz CT molecular complexity index is 966. The van der Waals surface area contributed by atoms with Crippen molar-refractivity contribution in [3.05, 3.63) is 34.9 Å². The molecule has 5 rings (SSSR count). The number of thioether (sulfide) groups is 1. The average molecular weight is 448 g/mol. The Labute approximate surface area is 182 Å². The van der Waals surface area contributed by atoms with Crippen LogP contribution in [-0.4, -0.2) is 84.1 Å². The first-order valence-corrected chi connectivity index (χ1v) is 11.8. The van der Waals surface area contributed by atoms with Gasteiger partial charge >= 0.3 is 0 Å². The van der Waals surface area contributed by atoms with Crippen LogP contribution in [0.15, 0.2) is 30.0 Å². The molecule has 2 fully saturated rings. The van der Waals surface area contributed by atoms with Crippen molar-refractivity contribution in [3.8, 4) is 0 Å². The number of carbonyl (C=O) groups excluding carboxylic acids is 2. The molecular formula is C21H23N2O5S2+. The fourth-order valence-electron chi connectivity index (χ4n) is 4.16. The fraction of sp³-hybridized carbons (Fsp3) is 0.476. The predicted octanol–water partition coefficient (Wildman–Crippen LogP) is 1.73. The van der Waals surface area contributed by atoms with Gasteiger partial charge in [0, 0.05) is 24.0 Å². The fourth-order valence-corrected chi connectivity index (χ4v) is 6.58. The number of hydrogen-bond acceptors (Lipinski definition) is 8. The third kappa shape index (κ3) is 3.53. The molecule has 0 spiro atoms. The molecule has 30 heavy (non-hydrogen) atoms. The summed E-state index contributed by atoms with van der Waals surface area (Å²) in [6, 6.07) is 3.78. The highest BCUT2D eigenvalue weighted by Gasteiger charge is 2.47. The van der Waals surface area contributed by atoms with Crippen LogP contribution >= 0.6 is 23.1 Å². The Balaban J connectivity index is 1.39. The van der Waals surface area contributed by atoms with Gasteiger partial charge in [-0.3, -0.25) is 9.59 Å². The number of Topliss-reactive ketones (excluding diaryl/α,β-unsaturated/α-hetero) is 2. The third-order valence-electron chi connectivity index (χ3n) is 5.78. The molecule has 2 saturated heterocycles. The molecule has 1 aliphatic carbocycles. The van der Waals surface area contributed by atoms with E-state index in [0.717, 1.165) is 36.2 Å². The molecule has 1 aromatic heterocycles. The second-order valence-electron chi connectivity index (χ2n) is 7.55. The summed E-state index contributed by atoms with van der Waals surface area (Å²) < 4.78 is 13.0. The van der Waals surface area contributed by atoms with Crippen molar-refractivity contribution in [2.75, 3.05) is 57.5 Å². The van der Waals surface area contributed by atoms with Gasteiger partial charge in [0.25, 0.3) is 0 Å². The number of aliphatic hydroxyl groups excluding tert-OH is 1. The van der Waals surface area contributed by atoms with Crippen LogP contribution in [0.1, 0.15) is 4.88 Å². The monoisotopic (exact) mass is 447 g/mol. The molecule has 0 aromatic carbocycles. The predicted molar refractivity (Wildman–Crippen MR) is 117 cm³/mol. The van der Waals surface area contributed by atoms with Crippen molar-refractivity contribution in [3.63, 3.8) is 0 Å². The number of anilines is 1. The Kier molecular flexibility index (Phi) is 5.53. The van der Waals surface area contributed by atoms with Crippen molar-refractivity contribution in [1.29, 1.82) is 0 Å². The van der Waals surface area contributed by atoms with E-state index in [0.29, 0.717) is 31.3 Å². The first kappa shape index (κ1) is 20.0. The Morgan fingerprint density at radius 3 is 2.57 bits per heavy atom. The lowest BCUT2D eigenvalue weighted by molar-refractivity contribution is -0.546. The van der Waals surface area contributed by atoms with Gasteiger partial charge in [0.2, 0.25) is 16.6 Å². The minimum atomic E-state index is -0.818. The standard InChI is InChI=1S/C21H22N2O5S2/c24-19-17(13-1-3-15(29-13)22-5-9-27-10-6-22)20(25)21(26)18(19)14-2-4-16(30-14)23-7-11-28-12-8-23/h1-4,13,17H,5-12H2/p+1. The lowest BCUT2D eigenvalue weighted by Crippen LogP contribution is -2.35. The maximum absolute atomic E-state index is 12.8. The molecule has 0 bridgehead atoms. The summed E-state index contributed by atoms with van der Waals surface area (Å²) in [6.45, 7) is 5.92. The van der Waals surface area contributed by atoms with Crippen molar-refractivity contribution >= 4 is 50.3 Å². The Hall–Kier alpha value is -1.94. The molecule has 158 valence electrons. The second-order valence-corrected chi connectivity index (χ2v) is 9.81. The maximum Gasteiger partial charge on any atom is 0.235 e. The van der Waals surface area contributed by atoms with Crippen molar-refractivity contribution in [1.82, 2.24) is 0 Å². The van der Waals surface area contributed by atoms with Crippen molar-refractivity contribution in [2.45, 2.75) is 5.25 Å². The largest absolute Gasteiger partial charge is 0.511 e. The second kappa shape index (κ2) is 8.30. The van der Waals surface area contributed by atoms with Gasteiger partial charge in [-0.25, -0.2) is 4.58 Å². The van der Waals surface area contributed by atoms with E-state index in [9.17, 15) is 14.7 Å². The van der Waals surface area contributed by atoms with Gasteiger partial charge in [-0.05, 0) is 23.9 Å². The summed E-state index contributed by atoms with van der Waals surface area (Å²) in [6.07, 6.45) is 3.92. The zero-order valence-electron chi connectivity index (χ0n) is 16.4. The van der Waals surface area contributed by atoms with Gasteiger partial charge < -0.3 is 19.5 Å². The number of ketones is 2. The van der Waals surface area contributed by atoms with E-state index in [1.54, 1.807) is 0 Å². The summed E-state index contributed by atoms with van der Waals surface area (Å²) >= 11 is 2.98. The smallest absolute Gasteiger partial charge is 0.235 e. The normalized spacial score (nSPS) is 27.7. The van der Waals surface area contributed by atoms with Crippen LogP contribution in [0.4, 0.5) is 5.00 Å². The molecule has 9 heteroatoms. The minimum absolute atomic E-state index is 0.0919. The number of nitrogens with zero attached hydrogens (tertiary/aromatic N) is 2. The first-order chi connectivity index (χ1) is 14.6. The number of hydrogen-bond donors (Lipinski definition) is 1. The number of allylic oxidation sites excluding steroid dienone is 2. The van der Waals surface area contributed by atoms with E-state index in [-0.39, 0.29) is 16.6 Å². The summed E-state index contributed by atoms with van der Waals surface area (Å²) in [5, 5.41) is 12.8. The zero-order chi connectivity index (χ0) is 20.7. The van der Waals surface area contributed by atoms with E-state index in [2.05, 4.69) is 9.48 Å². The summed E-state index contributed by atoms with van der Waals surface area (Å²) in [5.41, 5.74) is 0.170. The van der Waals surface area contributed by atoms with Crippen LogP contribution in [0.5, 0.6) is 0 Å². The molecular weight excluding hydrogens is 424 g/mol. The van der Waals surface area contributed by atoms with E-state index >= 15 is 0 Å². The average Bonchev–Trinajstić information content (AvgIpc) is 3.49. The van der Waals surface area contributed by atoms with Gasteiger partial charge in [-0.15, -0.1) is 11.3 Å². The van der Waals surface area contributed by atoms with Crippen LogP contribution in [0.3, 0.4) is 0 Å². The van der Waals surface area contributed by atoms with E-state index in [1.807, 2.05) is 24.3 Å². The van der Waals surface area contributed by atoms with Gasteiger partial charge in [-0.1, -0.05) is 6.08 Å². The Morgan fingerprint density at radius 2 is 1.80 bits per heavy atom. The highest BCUT2D eigenvalue weighted by molar-refractivity contribution is 8.15. The van der Waals surface area contributed by atoms with Gasteiger partial charge in [0.1, 0.15) is 19.0 Å². The summed E-state index contributed by atoms with van der Waals surface area (Å²) in [7, 11) is 0. The van der Waals surface area contributed by atoms with Crippen molar-refractivity contribution < 1.29 is 28.7 Å². The Morgan fingerprint density at radius 1 is 1.07 bits per heavy atom. The molecule has 4 aliphatic rings. The molecule has 1 N–H and O–H groups in total. The van der Waals surface area contributed by atoms with Crippen LogP contribution in [-0.2, 0) is 19.1 Å².